The number of primary amides is 1. The van der Waals surface area contributed by atoms with Gasteiger partial charge >= 0.3 is 0 Å². The molecule has 0 radical (unpaired) electrons. The number of nitrogens with one attached hydrogen (secondary N) is 1. The second-order valence-corrected chi connectivity index (χ2v) is 8.74. The van der Waals surface area contributed by atoms with Crippen molar-refractivity contribution in [1.82, 2.24) is 15.1 Å². The SMILES string of the molecule is C=C/C=C(\C=C/C)c1noc(C)c1-c1ccc(C2Cc3cnc(NC)nc3-c3ccccc32)cc1.NC=O. The van der Waals surface area contributed by atoms with Gasteiger partial charge in [0.2, 0.25) is 12.4 Å². The third-order valence-corrected chi connectivity index (χ3v) is 6.49. The fraction of sp³-hybridized carbons (Fsp3) is 0.161. The van der Waals surface area contributed by atoms with E-state index in [0.717, 1.165) is 40.3 Å². The number of nitrogens with two attached hydrogens (primary N) is 1. The third kappa shape index (κ3) is 5.18. The number of anilines is 1. The van der Waals surface area contributed by atoms with E-state index in [1.54, 1.807) is 6.08 Å². The summed E-state index contributed by atoms with van der Waals surface area (Å²) in [5.41, 5.74) is 13.9. The number of benzene rings is 2. The van der Waals surface area contributed by atoms with E-state index in [1.165, 1.54) is 22.3 Å². The van der Waals surface area contributed by atoms with Gasteiger partial charge in [0.25, 0.3) is 0 Å². The van der Waals surface area contributed by atoms with E-state index < -0.39 is 0 Å². The quantitative estimate of drug-likeness (QED) is 0.243. The number of amides is 1. The van der Waals surface area contributed by atoms with Crippen molar-refractivity contribution in [1.29, 1.82) is 0 Å². The molecular weight excluding hydrogens is 474 g/mol. The molecule has 1 aliphatic carbocycles. The molecule has 7 heteroatoms. The largest absolute Gasteiger partial charge is 0.372 e. The van der Waals surface area contributed by atoms with E-state index >= 15 is 0 Å². The average Bonchev–Trinajstić information content (AvgIpc) is 3.33. The summed E-state index contributed by atoms with van der Waals surface area (Å²) < 4.78 is 5.60. The fourth-order valence-electron chi connectivity index (χ4n) is 4.86. The molecule has 2 aromatic carbocycles. The fourth-order valence-corrected chi connectivity index (χ4v) is 4.86. The summed E-state index contributed by atoms with van der Waals surface area (Å²) >= 11 is 0. The van der Waals surface area contributed by atoms with E-state index in [0.29, 0.717) is 5.95 Å². The summed E-state index contributed by atoms with van der Waals surface area (Å²) in [5.74, 6) is 1.67. The van der Waals surface area contributed by atoms with Crippen LogP contribution >= 0.6 is 0 Å². The number of aromatic nitrogens is 3. The molecular formula is C31H31N5O2. The molecule has 38 heavy (non-hydrogen) atoms. The summed E-state index contributed by atoms with van der Waals surface area (Å²) in [7, 11) is 1.85. The van der Waals surface area contributed by atoms with Crippen LogP contribution < -0.4 is 11.1 Å². The summed E-state index contributed by atoms with van der Waals surface area (Å²) in [6.45, 7) is 7.79. The molecule has 1 amide bonds. The van der Waals surface area contributed by atoms with Gasteiger partial charge in [-0.15, -0.1) is 0 Å². The number of carbonyl (C=O) groups excluding carboxylic acids is 1. The molecule has 0 saturated carbocycles. The van der Waals surface area contributed by atoms with Crippen LogP contribution in [0.2, 0.25) is 0 Å². The molecule has 7 nitrogen and oxygen atoms in total. The molecule has 2 aromatic heterocycles. The predicted octanol–water partition coefficient (Wildman–Crippen LogP) is 6.08. The van der Waals surface area contributed by atoms with Gasteiger partial charge in [-0.05, 0) is 42.5 Å². The van der Waals surface area contributed by atoms with Crippen molar-refractivity contribution in [3.8, 4) is 22.4 Å². The van der Waals surface area contributed by atoms with Crippen molar-refractivity contribution in [3.63, 3.8) is 0 Å². The number of rotatable bonds is 6. The highest BCUT2D eigenvalue weighted by molar-refractivity contribution is 5.85. The first-order chi connectivity index (χ1) is 18.6. The van der Waals surface area contributed by atoms with E-state index in [1.807, 2.05) is 45.3 Å². The molecule has 4 aromatic rings. The number of carbonyl (C=O) groups is 1. The van der Waals surface area contributed by atoms with Gasteiger partial charge in [-0.25, -0.2) is 9.97 Å². The molecule has 2 heterocycles. The van der Waals surface area contributed by atoms with Crippen molar-refractivity contribution in [2.24, 2.45) is 5.73 Å². The molecule has 1 aliphatic rings. The minimum atomic E-state index is 0.235. The van der Waals surface area contributed by atoms with Crippen LogP contribution in [0.25, 0.3) is 28.0 Å². The lowest BCUT2D eigenvalue weighted by atomic mass is 9.77. The highest BCUT2D eigenvalue weighted by Gasteiger charge is 2.27. The first-order valence-electron chi connectivity index (χ1n) is 12.4. The number of hydrogen-bond donors (Lipinski definition) is 2. The zero-order valence-corrected chi connectivity index (χ0v) is 21.8. The average molecular weight is 506 g/mol. The minimum Gasteiger partial charge on any atom is -0.372 e. The smallest absolute Gasteiger partial charge is 0.222 e. The first kappa shape index (κ1) is 26.3. The zero-order valence-electron chi connectivity index (χ0n) is 21.8. The van der Waals surface area contributed by atoms with Crippen molar-refractivity contribution >= 4 is 17.9 Å². The Morgan fingerprint density at radius 3 is 2.61 bits per heavy atom. The Kier molecular flexibility index (Phi) is 8.28. The summed E-state index contributed by atoms with van der Waals surface area (Å²) in [6.07, 6.45) is 10.8. The number of hydrogen-bond acceptors (Lipinski definition) is 6. The lowest BCUT2D eigenvalue weighted by Gasteiger charge is -2.27. The molecule has 0 saturated heterocycles. The molecule has 192 valence electrons. The van der Waals surface area contributed by atoms with Gasteiger partial charge in [-0.2, -0.15) is 0 Å². The molecule has 0 aliphatic heterocycles. The van der Waals surface area contributed by atoms with Gasteiger partial charge in [0.05, 0.1) is 11.3 Å². The Bertz CT molecular complexity index is 1500. The first-order valence-corrected chi connectivity index (χ1v) is 12.4. The summed E-state index contributed by atoms with van der Waals surface area (Å²) in [5, 5.41) is 7.40. The summed E-state index contributed by atoms with van der Waals surface area (Å²) in [4.78, 5) is 17.8. The lowest BCUT2D eigenvalue weighted by Crippen LogP contribution is -2.15. The molecule has 0 spiro atoms. The van der Waals surface area contributed by atoms with Crippen LogP contribution in [0.15, 0.2) is 90.1 Å². The van der Waals surface area contributed by atoms with E-state index in [4.69, 9.17) is 14.3 Å². The van der Waals surface area contributed by atoms with Crippen LogP contribution in [0.3, 0.4) is 0 Å². The van der Waals surface area contributed by atoms with Crippen molar-refractivity contribution in [2.45, 2.75) is 26.2 Å². The molecule has 5 rings (SSSR count). The standard InChI is InChI=1S/C30H28N4O.CH3NO/c1-5-9-22(10-6-2)29-27(19(3)35-34-29)21-15-13-20(14-16-21)26-17-23-18-32-30(31-4)33-28(23)25-12-8-7-11-24(25)26;2-1-3/h5-16,18,26H,1,17H2,2-4H3,(H,31,32,33);1H,(H2,2,3)/b10-6-,22-9+;. The highest BCUT2D eigenvalue weighted by atomic mass is 16.5. The zero-order chi connectivity index (χ0) is 27.1. The van der Waals surface area contributed by atoms with Crippen LogP contribution in [0.4, 0.5) is 5.95 Å². The number of fused-ring (bicyclic) bond motifs is 3. The molecule has 1 unspecified atom stereocenters. The normalized spacial score (nSPS) is 14.2. The van der Waals surface area contributed by atoms with Crippen molar-refractivity contribution < 1.29 is 9.32 Å². The van der Waals surface area contributed by atoms with Gasteiger partial charge in [-0.1, -0.05) is 84.6 Å². The summed E-state index contributed by atoms with van der Waals surface area (Å²) in [6, 6.07) is 17.3. The van der Waals surface area contributed by atoms with Crippen LogP contribution in [-0.2, 0) is 11.2 Å². The predicted molar refractivity (Wildman–Crippen MR) is 152 cm³/mol. The maximum Gasteiger partial charge on any atom is 0.222 e. The van der Waals surface area contributed by atoms with Gasteiger partial charge in [0.15, 0.2) is 0 Å². The molecule has 3 N–H and O–H groups in total. The second kappa shape index (κ2) is 12.0. The molecule has 0 fully saturated rings. The van der Waals surface area contributed by atoms with Crippen LogP contribution in [0, 0.1) is 6.92 Å². The lowest BCUT2D eigenvalue weighted by molar-refractivity contribution is -0.106. The number of nitrogens with zero attached hydrogens (tertiary/aromatic N) is 3. The molecule has 1 atom stereocenters. The van der Waals surface area contributed by atoms with E-state index in [9.17, 15) is 0 Å². The van der Waals surface area contributed by atoms with Gasteiger partial charge in [-0.3, -0.25) is 4.79 Å². The Morgan fingerprint density at radius 2 is 1.92 bits per heavy atom. The van der Waals surface area contributed by atoms with Crippen LogP contribution in [-0.4, -0.2) is 28.6 Å². The number of aryl methyl sites for hydroxylation is 1. The Balaban J connectivity index is 0.00000107. The minimum absolute atomic E-state index is 0.235. The maximum absolute atomic E-state index is 8.58. The highest BCUT2D eigenvalue weighted by Crippen LogP contribution is 2.42. The number of allylic oxidation sites excluding steroid dienone is 5. The van der Waals surface area contributed by atoms with Gasteiger partial charge in [0, 0.05) is 30.3 Å². The monoisotopic (exact) mass is 505 g/mol. The second-order valence-electron chi connectivity index (χ2n) is 8.74. The van der Waals surface area contributed by atoms with Crippen LogP contribution in [0.5, 0.6) is 0 Å². The van der Waals surface area contributed by atoms with E-state index in [2.05, 4.69) is 76.3 Å². The Hall–Kier alpha value is -4.78. The third-order valence-electron chi connectivity index (χ3n) is 6.49. The molecule has 0 bridgehead atoms. The van der Waals surface area contributed by atoms with Crippen molar-refractivity contribution in [3.05, 3.63) is 114 Å². The Morgan fingerprint density at radius 1 is 1.18 bits per heavy atom. The maximum atomic E-state index is 8.58. The van der Waals surface area contributed by atoms with Gasteiger partial charge in [0.1, 0.15) is 11.5 Å². The topological polar surface area (TPSA) is 107 Å². The van der Waals surface area contributed by atoms with Crippen LogP contribution in [0.1, 0.15) is 41.0 Å². The van der Waals surface area contributed by atoms with Crippen molar-refractivity contribution in [2.75, 3.05) is 12.4 Å². The van der Waals surface area contributed by atoms with Gasteiger partial charge < -0.3 is 15.6 Å². The van der Waals surface area contributed by atoms with E-state index in [-0.39, 0.29) is 12.3 Å². The Labute approximate surface area is 222 Å².